The van der Waals surface area contributed by atoms with Crippen LogP contribution in [0.4, 0.5) is 4.39 Å². The predicted molar refractivity (Wildman–Crippen MR) is 105 cm³/mol. The largest absolute Gasteiger partial charge is 0.480 e. The second-order valence-electron chi connectivity index (χ2n) is 6.32. The summed E-state index contributed by atoms with van der Waals surface area (Å²) in [7, 11) is 0. The van der Waals surface area contributed by atoms with Gasteiger partial charge in [0.25, 0.3) is 0 Å². The molecule has 3 N–H and O–H groups in total. The summed E-state index contributed by atoms with van der Waals surface area (Å²) < 4.78 is 14.3. The average molecular weight is 451 g/mol. The van der Waals surface area contributed by atoms with Crippen LogP contribution in [-0.4, -0.2) is 35.0 Å². The summed E-state index contributed by atoms with van der Waals surface area (Å²) in [5, 5.41) is 14.4. The highest BCUT2D eigenvalue weighted by Gasteiger charge is 2.26. The zero-order valence-corrected chi connectivity index (χ0v) is 16.7. The van der Waals surface area contributed by atoms with E-state index in [1.54, 1.807) is 30.3 Å². The van der Waals surface area contributed by atoms with E-state index < -0.39 is 35.7 Å². The second-order valence-corrected chi connectivity index (χ2v) is 7.23. The molecule has 2 rings (SSSR count). The fourth-order valence-electron chi connectivity index (χ4n) is 2.68. The third-order valence-electron chi connectivity index (χ3n) is 3.99. The third-order valence-corrected chi connectivity index (χ3v) is 4.52. The standard InChI is InChI=1S/C20H20BrFN2O4/c1-12(25)23-17(11-14-3-2-4-16(22)9-14)19(26)24-18(20(27)28)10-13-5-7-15(21)8-6-13/h2-9,17-18H,10-11H2,1H3,(H,23,25)(H,24,26)(H,27,28)/t17-,18+/m0/s1. The topological polar surface area (TPSA) is 95.5 Å². The Bertz CT molecular complexity index is 858. The number of nitrogens with one attached hydrogen (secondary N) is 2. The quantitative estimate of drug-likeness (QED) is 0.575. The summed E-state index contributed by atoms with van der Waals surface area (Å²) >= 11 is 3.31. The number of carboxylic acid groups (broad SMARTS) is 1. The Balaban J connectivity index is 2.12. The summed E-state index contributed by atoms with van der Waals surface area (Å²) in [6.45, 7) is 1.25. The minimum absolute atomic E-state index is 0.0355. The van der Waals surface area contributed by atoms with E-state index in [1.165, 1.54) is 25.1 Å². The monoisotopic (exact) mass is 450 g/mol. The van der Waals surface area contributed by atoms with Gasteiger partial charge in [0.2, 0.25) is 11.8 Å². The van der Waals surface area contributed by atoms with E-state index in [4.69, 9.17) is 0 Å². The van der Waals surface area contributed by atoms with Crippen molar-refractivity contribution in [2.45, 2.75) is 31.8 Å². The van der Waals surface area contributed by atoms with Gasteiger partial charge < -0.3 is 15.7 Å². The number of amides is 2. The normalized spacial score (nSPS) is 12.7. The van der Waals surface area contributed by atoms with Crippen LogP contribution in [0, 0.1) is 5.82 Å². The van der Waals surface area contributed by atoms with Gasteiger partial charge in [-0.1, -0.05) is 40.2 Å². The molecule has 0 saturated heterocycles. The highest BCUT2D eigenvalue weighted by Crippen LogP contribution is 2.13. The summed E-state index contributed by atoms with van der Waals surface area (Å²) in [6, 6.07) is 10.5. The number of aliphatic carboxylic acids is 1. The molecule has 0 unspecified atom stereocenters. The second kappa shape index (κ2) is 9.98. The number of halogens is 2. The van der Waals surface area contributed by atoms with Crippen LogP contribution >= 0.6 is 15.9 Å². The smallest absolute Gasteiger partial charge is 0.326 e. The van der Waals surface area contributed by atoms with Gasteiger partial charge in [-0.15, -0.1) is 0 Å². The first-order valence-corrected chi connectivity index (χ1v) is 9.33. The maximum atomic E-state index is 13.4. The summed E-state index contributed by atoms with van der Waals surface area (Å²) in [5.41, 5.74) is 1.24. The van der Waals surface area contributed by atoms with E-state index >= 15 is 0 Å². The fourth-order valence-corrected chi connectivity index (χ4v) is 2.95. The molecule has 2 amide bonds. The van der Waals surface area contributed by atoms with Gasteiger partial charge in [0.05, 0.1) is 0 Å². The van der Waals surface area contributed by atoms with Crippen LogP contribution in [0.5, 0.6) is 0 Å². The fraction of sp³-hybridized carbons (Fsp3) is 0.250. The number of hydrogen-bond donors (Lipinski definition) is 3. The van der Waals surface area contributed by atoms with Crippen LogP contribution in [0.15, 0.2) is 53.0 Å². The lowest BCUT2D eigenvalue weighted by Gasteiger charge is -2.21. The van der Waals surface area contributed by atoms with Gasteiger partial charge in [-0.05, 0) is 35.4 Å². The Hall–Kier alpha value is -2.74. The van der Waals surface area contributed by atoms with Gasteiger partial charge >= 0.3 is 5.97 Å². The Kier molecular flexibility index (Phi) is 7.69. The number of carbonyl (C=O) groups excluding carboxylic acids is 2. The van der Waals surface area contributed by atoms with Gasteiger partial charge in [0.1, 0.15) is 17.9 Å². The predicted octanol–water partition coefficient (Wildman–Crippen LogP) is 2.45. The van der Waals surface area contributed by atoms with Gasteiger partial charge in [0, 0.05) is 24.2 Å². The van der Waals surface area contributed by atoms with Crippen LogP contribution in [-0.2, 0) is 27.2 Å². The Morgan fingerprint density at radius 1 is 1.00 bits per heavy atom. The summed E-state index contributed by atoms with van der Waals surface area (Å²) in [5.74, 6) is -2.75. The molecule has 28 heavy (non-hydrogen) atoms. The molecule has 0 radical (unpaired) electrons. The highest BCUT2D eigenvalue weighted by molar-refractivity contribution is 9.10. The maximum Gasteiger partial charge on any atom is 0.326 e. The molecule has 6 nitrogen and oxygen atoms in total. The van der Waals surface area contributed by atoms with Crippen molar-refractivity contribution in [1.29, 1.82) is 0 Å². The molecular weight excluding hydrogens is 431 g/mol. The number of benzene rings is 2. The first kappa shape index (κ1) is 21.6. The van der Waals surface area contributed by atoms with E-state index in [0.29, 0.717) is 5.56 Å². The van der Waals surface area contributed by atoms with E-state index in [1.807, 2.05) is 0 Å². The molecule has 8 heteroatoms. The first-order chi connectivity index (χ1) is 13.2. The zero-order valence-electron chi connectivity index (χ0n) is 15.1. The highest BCUT2D eigenvalue weighted by atomic mass is 79.9. The molecule has 0 bridgehead atoms. The molecule has 0 spiro atoms. The molecule has 0 aliphatic carbocycles. The minimum Gasteiger partial charge on any atom is -0.480 e. The molecule has 0 aliphatic rings. The Labute approximate surface area is 170 Å². The molecule has 2 aromatic carbocycles. The molecule has 2 aromatic rings. The van der Waals surface area contributed by atoms with Crippen molar-refractivity contribution in [3.05, 3.63) is 69.9 Å². The van der Waals surface area contributed by atoms with Crippen molar-refractivity contribution < 1.29 is 23.9 Å². The Morgan fingerprint density at radius 3 is 2.21 bits per heavy atom. The molecule has 148 valence electrons. The molecule has 0 fully saturated rings. The molecule has 0 aromatic heterocycles. The van der Waals surface area contributed by atoms with E-state index in [-0.39, 0.29) is 12.8 Å². The number of carbonyl (C=O) groups is 3. The molecule has 0 aliphatic heterocycles. The molecule has 2 atom stereocenters. The average Bonchev–Trinajstić information content (AvgIpc) is 2.62. The van der Waals surface area contributed by atoms with Crippen molar-refractivity contribution in [1.82, 2.24) is 10.6 Å². The number of rotatable bonds is 8. The lowest BCUT2D eigenvalue weighted by Crippen LogP contribution is -2.52. The van der Waals surface area contributed by atoms with Crippen LogP contribution in [0.25, 0.3) is 0 Å². The lowest BCUT2D eigenvalue weighted by atomic mass is 10.0. The van der Waals surface area contributed by atoms with Crippen molar-refractivity contribution in [2.75, 3.05) is 0 Å². The van der Waals surface area contributed by atoms with Crippen molar-refractivity contribution >= 4 is 33.7 Å². The SMILES string of the molecule is CC(=O)N[C@@H](Cc1cccc(F)c1)C(=O)N[C@H](Cc1ccc(Br)cc1)C(=O)O. The number of hydrogen-bond acceptors (Lipinski definition) is 3. The van der Waals surface area contributed by atoms with Crippen LogP contribution in [0.3, 0.4) is 0 Å². The number of carboxylic acids is 1. The van der Waals surface area contributed by atoms with E-state index in [9.17, 15) is 23.9 Å². The lowest BCUT2D eigenvalue weighted by molar-refractivity contribution is -0.142. The van der Waals surface area contributed by atoms with Crippen molar-refractivity contribution in [3.63, 3.8) is 0 Å². The summed E-state index contributed by atoms with van der Waals surface area (Å²) in [6.07, 6.45) is 0.120. The summed E-state index contributed by atoms with van der Waals surface area (Å²) in [4.78, 5) is 35.7. The van der Waals surface area contributed by atoms with Gasteiger partial charge in [-0.3, -0.25) is 9.59 Å². The van der Waals surface area contributed by atoms with Gasteiger partial charge in [-0.2, -0.15) is 0 Å². The van der Waals surface area contributed by atoms with Crippen LogP contribution < -0.4 is 10.6 Å². The molecular formula is C20H20BrFN2O4. The van der Waals surface area contributed by atoms with E-state index in [2.05, 4.69) is 26.6 Å². The first-order valence-electron chi connectivity index (χ1n) is 8.53. The molecule has 0 heterocycles. The maximum absolute atomic E-state index is 13.4. The zero-order chi connectivity index (χ0) is 20.7. The minimum atomic E-state index is -1.19. The Morgan fingerprint density at radius 2 is 1.64 bits per heavy atom. The molecule has 0 saturated carbocycles. The van der Waals surface area contributed by atoms with Crippen LogP contribution in [0.2, 0.25) is 0 Å². The van der Waals surface area contributed by atoms with Gasteiger partial charge in [-0.25, -0.2) is 9.18 Å². The van der Waals surface area contributed by atoms with Gasteiger partial charge in [0.15, 0.2) is 0 Å². The third kappa shape index (κ3) is 6.77. The van der Waals surface area contributed by atoms with E-state index in [0.717, 1.165) is 10.0 Å². The van der Waals surface area contributed by atoms with Crippen molar-refractivity contribution in [2.24, 2.45) is 0 Å². The van der Waals surface area contributed by atoms with Crippen LogP contribution in [0.1, 0.15) is 18.1 Å². The van der Waals surface area contributed by atoms with Crippen molar-refractivity contribution in [3.8, 4) is 0 Å².